The van der Waals surface area contributed by atoms with Crippen molar-refractivity contribution in [3.63, 3.8) is 0 Å². The van der Waals surface area contributed by atoms with Gasteiger partial charge in [-0.1, -0.05) is 47.5 Å². The van der Waals surface area contributed by atoms with Crippen LogP contribution in [0, 0.1) is 42.9 Å². The molecule has 0 amide bonds. The number of hydrogen-bond acceptors (Lipinski definition) is 5. The topological polar surface area (TPSA) is 101 Å². The summed E-state index contributed by atoms with van der Waals surface area (Å²) in [4.78, 5) is 24.6. The second kappa shape index (κ2) is 14.4. The smallest absolute Gasteiger partial charge is 0.272 e. The van der Waals surface area contributed by atoms with Gasteiger partial charge in [-0.15, -0.1) is 0 Å². The van der Waals surface area contributed by atoms with Gasteiger partial charge in [-0.2, -0.15) is 10.2 Å². The number of nitrogens with zero attached hydrogens (tertiary/aromatic N) is 2. The molecule has 0 radical (unpaired) electrons. The van der Waals surface area contributed by atoms with Crippen LogP contribution in [-0.2, 0) is 0 Å². The zero-order valence-electron chi connectivity index (χ0n) is 25.7. The van der Waals surface area contributed by atoms with Gasteiger partial charge < -0.3 is 4.74 Å². The van der Waals surface area contributed by atoms with E-state index in [2.05, 4.69) is 20.4 Å². The summed E-state index contributed by atoms with van der Waals surface area (Å²) in [7, 11) is 1.30. The summed E-state index contributed by atoms with van der Waals surface area (Å²) < 4.78 is 75.5. The number of nitrogens with one attached hydrogen (secondary N) is 2. The highest BCUT2D eigenvalue weighted by molar-refractivity contribution is 6.31. The molecule has 6 rings (SSSR count). The van der Waals surface area contributed by atoms with Crippen molar-refractivity contribution in [2.24, 2.45) is 0 Å². The number of halogens is 7. The van der Waals surface area contributed by atoms with Gasteiger partial charge in [0.15, 0.2) is 0 Å². The van der Waals surface area contributed by atoms with Crippen LogP contribution in [0.2, 0.25) is 10.0 Å². The minimum absolute atomic E-state index is 0.0222. The van der Waals surface area contributed by atoms with Gasteiger partial charge in [0.05, 0.1) is 40.8 Å². The Hall–Kier alpha value is -5.33. The fourth-order valence-corrected chi connectivity index (χ4v) is 5.44. The lowest BCUT2D eigenvalue weighted by Gasteiger charge is -2.13. The maximum Gasteiger partial charge on any atom is 0.272 e. The first-order valence-corrected chi connectivity index (χ1v) is 14.9. The summed E-state index contributed by atoms with van der Waals surface area (Å²) >= 11 is 11.7. The Morgan fingerprint density at radius 1 is 0.551 bits per heavy atom. The molecule has 0 spiro atoms. The number of hydrogen-bond donors (Lipinski definition) is 2. The van der Waals surface area contributed by atoms with Crippen LogP contribution in [0.15, 0.2) is 82.4 Å². The SMILES string of the molecule is COc1cc(F)c(-c2c(-c3ccc(Cl)cc3)c(C)n[nH]c2=O)c(F)c1.Cc1n[nH]c(=O)c(-c2c(F)cc(F)cc2F)c1-c1ccc(Cl)cc1. The lowest BCUT2D eigenvalue weighted by atomic mass is 9.94. The summed E-state index contributed by atoms with van der Waals surface area (Å²) in [5, 5.41) is 13.2. The van der Waals surface area contributed by atoms with Crippen LogP contribution in [0.3, 0.4) is 0 Å². The summed E-state index contributed by atoms with van der Waals surface area (Å²) in [6.07, 6.45) is 0. The molecule has 0 aliphatic carbocycles. The van der Waals surface area contributed by atoms with Gasteiger partial charge in [0.25, 0.3) is 11.1 Å². The number of H-pyrrole nitrogens is 2. The molecule has 0 unspecified atom stereocenters. The van der Waals surface area contributed by atoms with Crippen molar-refractivity contribution < 1.29 is 26.7 Å². The van der Waals surface area contributed by atoms with Crippen LogP contribution in [0.4, 0.5) is 22.0 Å². The molecule has 2 N–H and O–H groups in total. The quantitative estimate of drug-likeness (QED) is 0.174. The molecule has 2 heterocycles. The van der Waals surface area contributed by atoms with E-state index >= 15 is 0 Å². The molecule has 4 aromatic carbocycles. The molecule has 14 heteroatoms. The molecular formula is C35H23Cl2F5N4O3. The highest BCUT2D eigenvalue weighted by Gasteiger charge is 2.24. The molecule has 0 aliphatic rings. The van der Waals surface area contributed by atoms with E-state index in [4.69, 9.17) is 27.9 Å². The van der Waals surface area contributed by atoms with E-state index in [9.17, 15) is 31.5 Å². The Morgan fingerprint density at radius 3 is 1.24 bits per heavy atom. The number of ether oxygens (including phenoxy) is 1. The predicted molar refractivity (Wildman–Crippen MR) is 177 cm³/mol. The van der Waals surface area contributed by atoms with Gasteiger partial charge in [-0.25, -0.2) is 32.1 Å². The van der Waals surface area contributed by atoms with E-state index in [1.54, 1.807) is 62.4 Å². The van der Waals surface area contributed by atoms with Crippen molar-refractivity contribution in [2.45, 2.75) is 13.8 Å². The highest BCUT2D eigenvalue weighted by Crippen LogP contribution is 2.37. The van der Waals surface area contributed by atoms with Crippen molar-refractivity contribution in [2.75, 3.05) is 7.11 Å². The molecule has 250 valence electrons. The minimum Gasteiger partial charge on any atom is -0.497 e. The molecule has 2 aromatic heterocycles. The van der Waals surface area contributed by atoms with Crippen molar-refractivity contribution >= 4 is 23.2 Å². The van der Waals surface area contributed by atoms with E-state index in [0.29, 0.717) is 50.3 Å². The second-order valence-corrected chi connectivity index (χ2v) is 11.4. The summed E-state index contributed by atoms with van der Waals surface area (Å²) in [6.45, 7) is 3.23. The molecule has 0 atom stereocenters. The lowest BCUT2D eigenvalue weighted by molar-refractivity contribution is 0.407. The number of methoxy groups -OCH3 is 1. The Balaban J connectivity index is 0.000000191. The van der Waals surface area contributed by atoms with E-state index in [1.165, 1.54) is 7.11 Å². The predicted octanol–water partition coefficient (Wildman–Crippen LogP) is 8.84. The van der Waals surface area contributed by atoms with E-state index in [0.717, 1.165) is 12.1 Å². The Kier molecular flexibility index (Phi) is 10.3. The van der Waals surface area contributed by atoms with Gasteiger partial charge in [0.1, 0.15) is 34.8 Å². The Bertz CT molecular complexity index is 2270. The normalized spacial score (nSPS) is 10.8. The van der Waals surface area contributed by atoms with E-state index < -0.39 is 51.3 Å². The minimum atomic E-state index is -1.17. The molecule has 0 bridgehead atoms. The summed E-state index contributed by atoms with van der Waals surface area (Å²) in [6, 6.07) is 16.1. The van der Waals surface area contributed by atoms with Crippen molar-refractivity contribution in [1.82, 2.24) is 20.4 Å². The Morgan fingerprint density at radius 2 is 0.898 bits per heavy atom. The molecule has 49 heavy (non-hydrogen) atoms. The lowest BCUT2D eigenvalue weighted by Crippen LogP contribution is -2.16. The fraction of sp³-hybridized carbons (Fsp3) is 0.0857. The average molecular weight is 713 g/mol. The number of benzene rings is 4. The van der Waals surface area contributed by atoms with Gasteiger partial charge in [0.2, 0.25) is 0 Å². The molecule has 6 aromatic rings. The van der Waals surface area contributed by atoms with Crippen LogP contribution < -0.4 is 15.9 Å². The highest BCUT2D eigenvalue weighted by atomic mass is 35.5. The maximum absolute atomic E-state index is 14.5. The third-order valence-electron chi connectivity index (χ3n) is 7.35. The first kappa shape index (κ1) is 35.0. The van der Waals surface area contributed by atoms with E-state index in [1.807, 2.05) is 0 Å². The van der Waals surface area contributed by atoms with Crippen molar-refractivity contribution in [3.8, 4) is 50.3 Å². The number of aryl methyl sites for hydroxylation is 2. The number of rotatable bonds is 5. The van der Waals surface area contributed by atoms with Gasteiger partial charge >= 0.3 is 0 Å². The Labute approximate surface area is 285 Å². The molecular weight excluding hydrogens is 690 g/mol. The third-order valence-corrected chi connectivity index (χ3v) is 7.86. The first-order chi connectivity index (χ1) is 23.3. The summed E-state index contributed by atoms with van der Waals surface area (Å²) in [5.41, 5.74) is -0.449. The van der Waals surface area contributed by atoms with Gasteiger partial charge in [0, 0.05) is 45.4 Å². The molecule has 0 aliphatic heterocycles. The molecule has 7 nitrogen and oxygen atoms in total. The van der Waals surface area contributed by atoms with Gasteiger partial charge in [-0.05, 0) is 49.2 Å². The standard InChI is InChI=1S/C18H13ClF2N2O2.C17H10ClF3N2O/c1-9-15(10-3-5-11(19)6-4-10)17(18(24)23-22-9)16-13(20)7-12(25-2)8-14(16)21;1-8-14(9-2-4-10(18)5-3-9)16(17(24)23-22-8)15-12(20)6-11(19)7-13(15)21/h3-8H,1-2H3,(H,23,24);2-7H,1H3,(H,23,24). The fourth-order valence-electron chi connectivity index (χ4n) is 5.19. The van der Waals surface area contributed by atoms with Gasteiger partial charge in [-0.3, -0.25) is 9.59 Å². The zero-order chi connectivity index (χ0) is 35.6. The van der Waals surface area contributed by atoms with E-state index in [-0.39, 0.29) is 22.4 Å². The van der Waals surface area contributed by atoms with Crippen molar-refractivity contribution in [1.29, 1.82) is 0 Å². The van der Waals surface area contributed by atoms with Crippen LogP contribution in [0.1, 0.15) is 11.4 Å². The zero-order valence-corrected chi connectivity index (χ0v) is 27.2. The summed E-state index contributed by atoms with van der Waals surface area (Å²) in [5.74, 6) is -5.18. The maximum atomic E-state index is 14.5. The van der Waals surface area contributed by atoms with Crippen molar-refractivity contribution in [3.05, 3.63) is 144 Å². The average Bonchev–Trinajstić information content (AvgIpc) is 3.05. The first-order valence-electron chi connectivity index (χ1n) is 14.2. The molecule has 0 saturated carbocycles. The van der Waals surface area contributed by atoms with Crippen LogP contribution in [0.5, 0.6) is 5.75 Å². The van der Waals surface area contributed by atoms with Crippen LogP contribution >= 0.6 is 23.2 Å². The largest absolute Gasteiger partial charge is 0.497 e. The molecule has 0 saturated heterocycles. The number of aromatic amines is 2. The van der Waals surface area contributed by atoms with Crippen LogP contribution in [0.25, 0.3) is 44.5 Å². The monoisotopic (exact) mass is 712 g/mol. The van der Waals surface area contributed by atoms with Crippen LogP contribution in [-0.4, -0.2) is 27.5 Å². The second-order valence-electron chi connectivity index (χ2n) is 10.5. The third kappa shape index (κ3) is 7.25. The number of aromatic nitrogens is 4. The molecule has 0 fully saturated rings.